The smallest absolute Gasteiger partial charge is 0.337 e. The SMILES string of the molecule is CCCn1nc(Oc2ccc(C(=O)OC)cc2S(C)(=O)=O)ccc1=O. The Hall–Kier alpha value is -2.68. The summed E-state index contributed by atoms with van der Waals surface area (Å²) in [4.78, 5) is 23.1. The van der Waals surface area contributed by atoms with Crippen LogP contribution < -0.4 is 10.3 Å². The van der Waals surface area contributed by atoms with Crippen molar-refractivity contribution in [2.75, 3.05) is 13.4 Å². The van der Waals surface area contributed by atoms with Gasteiger partial charge in [0.2, 0.25) is 5.88 Å². The molecule has 0 bridgehead atoms. The molecule has 0 aliphatic carbocycles. The highest BCUT2D eigenvalue weighted by Crippen LogP contribution is 2.29. The van der Waals surface area contributed by atoms with E-state index in [1.807, 2.05) is 6.92 Å². The van der Waals surface area contributed by atoms with Gasteiger partial charge in [-0.05, 0) is 24.6 Å². The van der Waals surface area contributed by atoms with Crippen LogP contribution in [0.15, 0.2) is 40.0 Å². The maximum Gasteiger partial charge on any atom is 0.337 e. The van der Waals surface area contributed by atoms with Crippen molar-refractivity contribution in [2.45, 2.75) is 24.8 Å². The van der Waals surface area contributed by atoms with Crippen LogP contribution in [0.1, 0.15) is 23.7 Å². The number of hydrogen-bond acceptors (Lipinski definition) is 7. The molecule has 1 aromatic carbocycles. The van der Waals surface area contributed by atoms with Crippen LogP contribution >= 0.6 is 0 Å². The highest BCUT2D eigenvalue weighted by Gasteiger charge is 2.19. The van der Waals surface area contributed by atoms with E-state index in [0.717, 1.165) is 6.26 Å². The first-order valence-corrected chi connectivity index (χ1v) is 9.34. The monoisotopic (exact) mass is 366 g/mol. The molecule has 0 amide bonds. The molecule has 9 heteroatoms. The van der Waals surface area contributed by atoms with Gasteiger partial charge in [0.15, 0.2) is 9.84 Å². The van der Waals surface area contributed by atoms with Gasteiger partial charge in [-0.2, -0.15) is 0 Å². The van der Waals surface area contributed by atoms with Gasteiger partial charge in [0.1, 0.15) is 10.6 Å². The summed E-state index contributed by atoms with van der Waals surface area (Å²) < 4.78 is 35.4. The molecule has 1 heterocycles. The zero-order valence-corrected chi connectivity index (χ0v) is 14.9. The van der Waals surface area contributed by atoms with E-state index in [1.54, 1.807) is 0 Å². The third kappa shape index (κ3) is 4.44. The molecule has 0 aliphatic rings. The Balaban J connectivity index is 2.47. The van der Waals surface area contributed by atoms with E-state index in [2.05, 4.69) is 9.84 Å². The van der Waals surface area contributed by atoms with Crippen molar-refractivity contribution < 1.29 is 22.7 Å². The number of methoxy groups -OCH3 is 1. The molecule has 0 radical (unpaired) electrons. The second-order valence-electron chi connectivity index (χ2n) is 5.26. The van der Waals surface area contributed by atoms with Crippen LogP contribution in [-0.2, 0) is 21.1 Å². The number of benzene rings is 1. The van der Waals surface area contributed by atoms with Crippen LogP contribution in [0.4, 0.5) is 0 Å². The summed E-state index contributed by atoms with van der Waals surface area (Å²) in [6.45, 7) is 2.31. The number of ether oxygens (including phenoxy) is 2. The van der Waals surface area contributed by atoms with Gasteiger partial charge in [-0.3, -0.25) is 4.79 Å². The molecule has 0 fully saturated rings. The average molecular weight is 366 g/mol. The molecule has 1 aromatic heterocycles. The summed E-state index contributed by atoms with van der Waals surface area (Å²) >= 11 is 0. The van der Waals surface area contributed by atoms with E-state index >= 15 is 0 Å². The minimum absolute atomic E-state index is 0.00403. The molecular weight excluding hydrogens is 348 g/mol. The van der Waals surface area contributed by atoms with Gasteiger partial charge in [-0.1, -0.05) is 6.92 Å². The quantitative estimate of drug-likeness (QED) is 0.716. The minimum Gasteiger partial charge on any atom is -0.465 e. The number of aryl methyl sites for hydroxylation is 1. The van der Waals surface area contributed by atoms with Gasteiger partial charge in [-0.25, -0.2) is 17.9 Å². The lowest BCUT2D eigenvalue weighted by atomic mass is 10.2. The standard InChI is InChI=1S/C16H18N2O6S/c1-4-9-18-15(19)8-7-14(17-18)24-12-6-5-11(16(20)23-2)10-13(12)25(3,21)22/h5-8,10H,4,9H2,1-3H3. The molecule has 0 atom stereocenters. The van der Waals surface area contributed by atoms with Crippen LogP contribution in [0, 0.1) is 0 Å². The zero-order chi connectivity index (χ0) is 18.6. The Morgan fingerprint density at radius 3 is 2.56 bits per heavy atom. The minimum atomic E-state index is -3.68. The molecule has 0 saturated heterocycles. The third-order valence-corrected chi connectivity index (χ3v) is 4.37. The van der Waals surface area contributed by atoms with Gasteiger partial charge in [0.25, 0.3) is 5.56 Å². The van der Waals surface area contributed by atoms with Crippen LogP contribution in [0.2, 0.25) is 0 Å². The number of nitrogens with zero attached hydrogens (tertiary/aromatic N) is 2. The molecular formula is C16H18N2O6S. The predicted octanol–water partition coefficient (Wildman–Crippen LogP) is 1.64. The molecule has 0 saturated carbocycles. The van der Waals surface area contributed by atoms with Gasteiger partial charge < -0.3 is 9.47 Å². The van der Waals surface area contributed by atoms with Crippen molar-refractivity contribution in [1.29, 1.82) is 0 Å². The number of sulfone groups is 1. The lowest BCUT2D eigenvalue weighted by molar-refractivity contribution is 0.0600. The van der Waals surface area contributed by atoms with Crippen LogP contribution in [0.25, 0.3) is 0 Å². The number of carbonyl (C=O) groups excluding carboxylic acids is 1. The Bertz CT molecular complexity index is 949. The molecule has 0 aliphatic heterocycles. The number of carbonyl (C=O) groups is 1. The van der Waals surface area contributed by atoms with Crippen molar-refractivity contribution in [1.82, 2.24) is 9.78 Å². The summed E-state index contributed by atoms with van der Waals surface area (Å²) in [7, 11) is -2.47. The van der Waals surface area contributed by atoms with Crippen molar-refractivity contribution in [2.24, 2.45) is 0 Å². The number of rotatable bonds is 6. The average Bonchev–Trinajstić information content (AvgIpc) is 2.56. The van der Waals surface area contributed by atoms with Crippen molar-refractivity contribution in [3.05, 3.63) is 46.2 Å². The predicted molar refractivity (Wildman–Crippen MR) is 89.8 cm³/mol. The normalized spacial score (nSPS) is 11.2. The molecule has 0 N–H and O–H groups in total. The molecule has 25 heavy (non-hydrogen) atoms. The highest BCUT2D eigenvalue weighted by atomic mass is 32.2. The third-order valence-electron chi connectivity index (χ3n) is 3.26. The zero-order valence-electron chi connectivity index (χ0n) is 14.1. The highest BCUT2D eigenvalue weighted by molar-refractivity contribution is 7.90. The van der Waals surface area contributed by atoms with E-state index in [0.29, 0.717) is 13.0 Å². The van der Waals surface area contributed by atoms with Crippen molar-refractivity contribution >= 4 is 15.8 Å². The maximum atomic E-state index is 12.0. The van der Waals surface area contributed by atoms with E-state index in [9.17, 15) is 18.0 Å². The van der Waals surface area contributed by atoms with E-state index in [4.69, 9.17) is 4.74 Å². The topological polar surface area (TPSA) is 105 Å². The number of aromatic nitrogens is 2. The lowest BCUT2D eigenvalue weighted by Crippen LogP contribution is -2.21. The summed E-state index contributed by atoms with van der Waals surface area (Å²) in [5, 5.41) is 4.05. The fraction of sp³-hybridized carbons (Fsp3) is 0.312. The van der Waals surface area contributed by atoms with Gasteiger partial charge in [0, 0.05) is 24.9 Å². The van der Waals surface area contributed by atoms with Gasteiger partial charge in [-0.15, -0.1) is 5.10 Å². The van der Waals surface area contributed by atoms with Gasteiger partial charge >= 0.3 is 5.97 Å². The molecule has 2 aromatic rings. The summed E-state index contributed by atoms with van der Waals surface area (Å²) in [5.41, 5.74) is -0.197. The van der Waals surface area contributed by atoms with Crippen LogP contribution in [-0.4, -0.2) is 37.5 Å². The first kappa shape index (κ1) is 18.7. The summed E-state index contributed by atoms with van der Waals surface area (Å²) in [6.07, 6.45) is 1.71. The number of esters is 1. The molecule has 2 rings (SSSR count). The lowest BCUT2D eigenvalue weighted by Gasteiger charge is -2.11. The first-order chi connectivity index (χ1) is 11.8. The largest absolute Gasteiger partial charge is 0.465 e. The van der Waals surface area contributed by atoms with Crippen molar-refractivity contribution in [3.63, 3.8) is 0 Å². The molecule has 134 valence electrons. The fourth-order valence-corrected chi connectivity index (χ4v) is 2.91. The van der Waals surface area contributed by atoms with Crippen LogP contribution in [0.3, 0.4) is 0 Å². The summed E-state index contributed by atoms with van der Waals surface area (Å²) in [6, 6.07) is 6.56. The van der Waals surface area contributed by atoms with Gasteiger partial charge in [0.05, 0.1) is 12.7 Å². The molecule has 0 spiro atoms. The summed E-state index contributed by atoms with van der Waals surface area (Å²) in [5.74, 6) is -0.584. The first-order valence-electron chi connectivity index (χ1n) is 7.44. The molecule has 0 unspecified atom stereocenters. The van der Waals surface area contributed by atoms with E-state index in [1.165, 1.54) is 42.1 Å². The number of hydrogen-bond donors (Lipinski definition) is 0. The van der Waals surface area contributed by atoms with Crippen molar-refractivity contribution in [3.8, 4) is 11.6 Å². The van der Waals surface area contributed by atoms with Crippen LogP contribution in [0.5, 0.6) is 11.6 Å². The Morgan fingerprint density at radius 2 is 1.96 bits per heavy atom. The fourth-order valence-electron chi connectivity index (χ4n) is 2.10. The maximum absolute atomic E-state index is 12.0. The second kappa shape index (κ2) is 7.47. The van der Waals surface area contributed by atoms with E-state index in [-0.39, 0.29) is 27.6 Å². The van der Waals surface area contributed by atoms with E-state index < -0.39 is 15.8 Å². The second-order valence-corrected chi connectivity index (χ2v) is 7.24. The Morgan fingerprint density at radius 1 is 1.24 bits per heavy atom. The molecule has 8 nitrogen and oxygen atoms in total. The Labute approximate surface area is 144 Å². The Kier molecular flexibility index (Phi) is 5.58.